The SMILES string of the molecule is COc1cc(-c2nc3ccc4ccccc4c3c3c2CN(Cc2ccccc2)CC3)ccc1O. The zero-order valence-electron chi connectivity index (χ0n) is 19.2. The number of phenols is 1. The van der Waals surface area contributed by atoms with Crippen LogP contribution < -0.4 is 4.74 Å². The van der Waals surface area contributed by atoms with Gasteiger partial charge in [0.1, 0.15) is 0 Å². The molecule has 0 amide bonds. The van der Waals surface area contributed by atoms with Crippen LogP contribution in [0.4, 0.5) is 0 Å². The van der Waals surface area contributed by atoms with Crippen LogP contribution in [0.25, 0.3) is 32.9 Å². The van der Waals surface area contributed by atoms with Crippen LogP contribution in [0.3, 0.4) is 0 Å². The van der Waals surface area contributed by atoms with E-state index in [9.17, 15) is 5.11 Å². The highest BCUT2D eigenvalue weighted by Gasteiger charge is 2.25. The van der Waals surface area contributed by atoms with E-state index in [0.29, 0.717) is 5.75 Å². The Morgan fingerprint density at radius 1 is 0.912 bits per heavy atom. The fourth-order valence-corrected chi connectivity index (χ4v) is 5.21. The molecular formula is C30H26N2O2. The first-order valence-corrected chi connectivity index (χ1v) is 11.7. The highest BCUT2D eigenvalue weighted by molar-refractivity contribution is 6.09. The lowest BCUT2D eigenvalue weighted by molar-refractivity contribution is 0.246. The molecule has 0 aliphatic carbocycles. The van der Waals surface area contributed by atoms with Crippen molar-refractivity contribution >= 4 is 21.7 Å². The molecule has 0 bridgehead atoms. The van der Waals surface area contributed by atoms with Crippen LogP contribution >= 0.6 is 0 Å². The van der Waals surface area contributed by atoms with Crippen LogP contribution in [0, 0.1) is 0 Å². The first-order valence-electron chi connectivity index (χ1n) is 11.7. The molecule has 4 heteroatoms. The van der Waals surface area contributed by atoms with Crippen LogP contribution in [0.1, 0.15) is 16.7 Å². The average molecular weight is 447 g/mol. The molecule has 0 fully saturated rings. The molecule has 4 aromatic carbocycles. The minimum absolute atomic E-state index is 0.137. The molecule has 1 aliphatic heterocycles. The Morgan fingerprint density at radius 2 is 1.74 bits per heavy atom. The second-order valence-corrected chi connectivity index (χ2v) is 8.93. The summed E-state index contributed by atoms with van der Waals surface area (Å²) < 4.78 is 5.41. The Labute approximate surface area is 199 Å². The van der Waals surface area contributed by atoms with Crippen molar-refractivity contribution in [1.82, 2.24) is 9.88 Å². The van der Waals surface area contributed by atoms with Crippen LogP contribution in [-0.2, 0) is 19.5 Å². The molecule has 1 aromatic heterocycles. The fourth-order valence-electron chi connectivity index (χ4n) is 5.21. The molecule has 0 atom stereocenters. The summed E-state index contributed by atoms with van der Waals surface area (Å²) in [6, 6.07) is 29.0. The van der Waals surface area contributed by atoms with Crippen molar-refractivity contribution < 1.29 is 9.84 Å². The molecule has 0 spiro atoms. The third kappa shape index (κ3) is 3.57. The highest BCUT2D eigenvalue weighted by atomic mass is 16.5. The molecule has 0 saturated carbocycles. The molecule has 2 heterocycles. The maximum absolute atomic E-state index is 10.2. The molecule has 5 aromatic rings. The van der Waals surface area contributed by atoms with E-state index in [2.05, 4.69) is 71.6 Å². The number of fused-ring (bicyclic) bond motifs is 5. The van der Waals surface area contributed by atoms with E-state index in [1.807, 2.05) is 12.1 Å². The summed E-state index contributed by atoms with van der Waals surface area (Å²) in [5, 5.41) is 13.9. The number of hydrogen-bond donors (Lipinski definition) is 1. The zero-order valence-corrected chi connectivity index (χ0v) is 19.2. The van der Waals surface area contributed by atoms with Crippen LogP contribution in [0.5, 0.6) is 11.5 Å². The van der Waals surface area contributed by atoms with E-state index in [1.165, 1.54) is 32.8 Å². The fraction of sp³-hybridized carbons (Fsp3) is 0.167. The van der Waals surface area contributed by atoms with Crippen molar-refractivity contribution in [3.05, 3.63) is 102 Å². The first kappa shape index (κ1) is 20.7. The number of methoxy groups -OCH3 is 1. The van der Waals surface area contributed by atoms with Gasteiger partial charge in [-0.2, -0.15) is 0 Å². The van der Waals surface area contributed by atoms with Crippen LogP contribution in [-0.4, -0.2) is 28.6 Å². The Hall–Kier alpha value is -3.89. The van der Waals surface area contributed by atoms with Gasteiger partial charge in [0.25, 0.3) is 0 Å². The molecule has 1 N–H and O–H groups in total. The van der Waals surface area contributed by atoms with E-state index in [4.69, 9.17) is 9.72 Å². The summed E-state index contributed by atoms with van der Waals surface area (Å²) in [5.41, 5.74) is 6.90. The lowest BCUT2D eigenvalue weighted by Crippen LogP contribution is -2.31. The molecule has 168 valence electrons. The Balaban J connectivity index is 1.55. The van der Waals surface area contributed by atoms with Gasteiger partial charge in [0, 0.05) is 30.6 Å². The zero-order chi connectivity index (χ0) is 23.1. The normalized spacial score (nSPS) is 13.8. The number of hydrogen-bond acceptors (Lipinski definition) is 4. The molecule has 4 nitrogen and oxygen atoms in total. The Bertz CT molecular complexity index is 1510. The van der Waals surface area contributed by atoms with Crippen molar-refractivity contribution in [2.24, 2.45) is 0 Å². The van der Waals surface area contributed by atoms with E-state index in [1.54, 1.807) is 13.2 Å². The number of ether oxygens (including phenoxy) is 1. The van der Waals surface area contributed by atoms with Crippen molar-refractivity contribution in [2.45, 2.75) is 19.5 Å². The van der Waals surface area contributed by atoms with Crippen molar-refractivity contribution in [2.75, 3.05) is 13.7 Å². The number of benzene rings is 4. The third-order valence-electron chi connectivity index (χ3n) is 6.85. The predicted molar refractivity (Wildman–Crippen MR) is 137 cm³/mol. The van der Waals surface area contributed by atoms with Gasteiger partial charge in [-0.3, -0.25) is 4.90 Å². The van der Waals surface area contributed by atoms with Crippen molar-refractivity contribution in [1.29, 1.82) is 0 Å². The lowest BCUT2D eigenvalue weighted by atomic mass is 9.89. The summed E-state index contributed by atoms with van der Waals surface area (Å²) in [6.07, 6.45) is 0.970. The number of rotatable bonds is 4. The van der Waals surface area contributed by atoms with Gasteiger partial charge in [-0.15, -0.1) is 0 Å². The largest absolute Gasteiger partial charge is 0.504 e. The molecule has 0 saturated heterocycles. The molecular weight excluding hydrogens is 420 g/mol. The minimum Gasteiger partial charge on any atom is -0.504 e. The van der Waals surface area contributed by atoms with E-state index >= 15 is 0 Å². The van der Waals surface area contributed by atoms with E-state index in [0.717, 1.165) is 42.8 Å². The van der Waals surface area contributed by atoms with E-state index in [-0.39, 0.29) is 5.75 Å². The summed E-state index contributed by atoms with van der Waals surface area (Å²) in [4.78, 5) is 7.69. The van der Waals surface area contributed by atoms with E-state index < -0.39 is 0 Å². The second kappa shape index (κ2) is 8.47. The summed E-state index contributed by atoms with van der Waals surface area (Å²) in [6.45, 7) is 2.74. The Kier molecular flexibility index (Phi) is 5.16. The monoisotopic (exact) mass is 446 g/mol. The predicted octanol–water partition coefficient (Wildman–Crippen LogP) is 6.33. The number of phenolic OH excluding ortho intramolecular Hbond substituents is 1. The van der Waals surface area contributed by atoms with Crippen LogP contribution in [0.15, 0.2) is 84.9 Å². The van der Waals surface area contributed by atoms with Crippen LogP contribution in [0.2, 0.25) is 0 Å². The maximum Gasteiger partial charge on any atom is 0.161 e. The molecule has 1 aliphatic rings. The minimum atomic E-state index is 0.137. The molecule has 34 heavy (non-hydrogen) atoms. The average Bonchev–Trinajstić information content (AvgIpc) is 2.89. The lowest BCUT2D eigenvalue weighted by Gasteiger charge is -2.31. The molecule has 6 rings (SSSR count). The Morgan fingerprint density at radius 3 is 2.59 bits per heavy atom. The third-order valence-corrected chi connectivity index (χ3v) is 6.85. The van der Waals surface area contributed by atoms with Gasteiger partial charge in [-0.1, -0.05) is 60.7 Å². The number of pyridine rings is 1. The van der Waals surface area contributed by atoms with Gasteiger partial charge in [0.2, 0.25) is 0 Å². The van der Waals surface area contributed by atoms with Gasteiger partial charge in [-0.05, 0) is 58.1 Å². The maximum atomic E-state index is 10.2. The first-order chi connectivity index (χ1) is 16.7. The number of nitrogens with zero attached hydrogens (tertiary/aromatic N) is 2. The number of aromatic nitrogens is 1. The van der Waals surface area contributed by atoms with Gasteiger partial charge >= 0.3 is 0 Å². The summed E-state index contributed by atoms with van der Waals surface area (Å²) >= 11 is 0. The van der Waals surface area contributed by atoms with Gasteiger partial charge in [0.15, 0.2) is 11.5 Å². The number of aromatic hydroxyl groups is 1. The van der Waals surface area contributed by atoms with Gasteiger partial charge < -0.3 is 9.84 Å². The second-order valence-electron chi connectivity index (χ2n) is 8.93. The molecule has 0 radical (unpaired) electrons. The smallest absolute Gasteiger partial charge is 0.161 e. The van der Waals surface area contributed by atoms with Crippen molar-refractivity contribution in [3.8, 4) is 22.8 Å². The van der Waals surface area contributed by atoms with Gasteiger partial charge in [-0.25, -0.2) is 4.98 Å². The summed E-state index contributed by atoms with van der Waals surface area (Å²) in [7, 11) is 1.58. The topological polar surface area (TPSA) is 45.6 Å². The quantitative estimate of drug-likeness (QED) is 0.328. The standard InChI is InChI=1S/C30H26N2O2/c1-34-28-17-22(12-14-27(28)33)30-25-19-32(18-20-7-3-2-4-8-20)16-15-24(25)29-23-10-6-5-9-21(23)11-13-26(29)31-30/h2-14,17,33H,15-16,18-19H2,1H3. The summed E-state index contributed by atoms with van der Waals surface area (Å²) in [5.74, 6) is 0.598. The molecule has 0 unspecified atom stereocenters. The highest BCUT2D eigenvalue weighted by Crippen LogP contribution is 2.39. The van der Waals surface area contributed by atoms with Gasteiger partial charge in [0.05, 0.1) is 18.3 Å². The van der Waals surface area contributed by atoms with Crippen molar-refractivity contribution in [3.63, 3.8) is 0 Å².